The highest BCUT2D eigenvalue weighted by molar-refractivity contribution is 5.73. The van der Waals surface area contributed by atoms with Crippen molar-refractivity contribution in [3.05, 3.63) is 54.1 Å². The average molecular weight is 357 g/mol. The Balaban J connectivity index is 2.01. The maximum absolute atomic E-state index is 10.5. The topological polar surface area (TPSA) is 76.4 Å². The molecule has 26 heavy (non-hydrogen) atoms. The number of imidazole rings is 1. The summed E-state index contributed by atoms with van der Waals surface area (Å²) in [6, 6.07) is 8.40. The van der Waals surface area contributed by atoms with Gasteiger partial charge in [-0.05, 0) is 37.3 Å². The van der Waals surface area contributed by atoms with Crippen molar-refractivity contribution in [3.8, 4) is 0 Å². The minimum atomic E-state index is -0.775. The normalized spacial score (nSPS) is 11.5. The van der Waals surface area contributed by atoms with Gasteiger partial charge in [0.05, 0.1) is 18.6 Å². The van der Waals surface area contributed by atoms with Crippen molar-refractivity contribution in [3.63, 3.8) is 0 Å². The van der Waals surface area contributed by atoms with E-state index in [4.69, 9.17) is 9.94 Å². The number of nitrogens with one attached hydrogen (secondary N) is 1. The summed E-state index contributed by atoms with van der Waals surface area (Å²) in [5, 5.41) is 8.66. The number of aryl methyl sites for hydroxylation is 1. The van der Waals surface area contributed by atoms with E-state index in [1.54, 1.807) is 12.5 Å². The predicted molar refractivity (Wildman–Crippen MR) is 102 cm³/mol. The van der Waals surface area contributed by atoms with Crippen LogP contribution in [0.1, 0.15) is 50.2 Å². The summed E-state index contributed by atoms with van der Waals surface area (Å²) in [6.45, 7) is 2.64. The van der Waals surface area contributed by atoms with Crippen molar-refractivity contribution < 1.29 is 14.7 Å². The van der Waals surface area contributed by atoms with E-state index in [2.05, 4.69) is 35.6 Å². The molecule has 1 aromatic heterocycles. The largest absolute Gasteiger partial charge is 0.481 e. The molecule has 2 aromatic rings. The number of hydrogen-bond acceptors (Lipinski definition) is 4. The van der Waals surface area contributed by atoms with E-state index >= 15 is 0 Å². The van der Waals surface area contributed by atoms with Gasteiger partial charge in [-0.2, -0.15) is 0 Å². The van der Waals surface area contributed by atoms with Gasteiger partial charge < -0.3 is 9.67 Å². The van der Waals surface area contributed by atoms with Gasteiger partial charge in [-0.15, -0.1) is 0 Å². The highest BCUT2D eigenvalue weighted by Gasteiger charge is 2.05. The molecule has 6 nitrogen and oxygen atoms in total. The number of hydroxylamine groups is 1. The lowest BCUT2D eigenvalue weighted by Gasteiger charge is -2.13. The minimum Gasteiger partial charge on any atom is -0.481 e. The molecule has 0 aliphatic carbocycles. The fraction of sp³-hybridized carbons (Fsp3) is 0.400. The smallest absolute Gasteiger partial charge is 0.303 e. The van der Waals surface area contributed by atoms with Gasteiger partial charge in [0, 0.05) is 30.6 Å². The third kappa shape index (κ3) is 7.11. The van der Waals surface area contributed by atoms with Crippen molar-refractivity contribution in [2.75, 3.05) is 6.61 Å². The standard InChI is InChI=1S/C20H27N3O3/c1-2-3-7-17-8-6-9-18(14-17)19(15-23-12-11-21-16-23)22-26-13-5-4-10-20(24)25/h6,8-9,11-12,14-16,22H,2-5,7,10,13H2,1H3,(H,24,25). The number of carbonyl (C=O) groups is 1. The first kappa shape index (κ1) is 19.7. The Hall–Kier alpha value is -2.60. The molecule has 0 amide bonds. The molecule has 0 aliphatic heterocycles. The van der Waals surface area contributed by atoms with Crippen LogP contribution < -0.4 is 5.48 Å². The third-order valence-corrected chi connectivity index (χ3v) is 3.93. The predicted octanol–water partition coefficient (Wildman–Crippen LogP) is 3.96. The van der Waals surface area contributed by atoms with Crippen LogP contribution in [0.2, 0.25) is 0 Å². The Bertz CT molecular complexity index is 696. The Morgan fingerprint density at radius 2 is 2.23 bits per heavy atom. The highest BCUT2D eigenvalue weighted by Crippen LogP contribution is 2.16. The zero-order chi connectivity index (χ0) is 18.6. The number of hydrogen-bond donors (Lipinski definition) is 2. The van der Waals surface area contributed by atoms with Gasteiger partial charge in [0.25, 0.3) is 0 Å². The number of carboxylic acids is 1. The molecule has 6 heteroatoms. The van der Waals surface area contributed by atoms with E-state index in [9.17, 15) is 4.79 Å². The van der Waals surface area contributed by atoms with Gasteiger partial charge in [-0.25, -0.2) is 4.98 Å². The second-order valence-electron chi connectivity index (χ2n) is 6.16. The lowest BCUT2D eigenvalue weighted by atomic mass is 10.0. The van der Waals surface area contributed by atoms with E-state index in [0.29, 0.717) is 19.4 Å². The first-order valence-electron chi connectivity index (χ1n) is 9.07. The summed E-state index contributed by atoms with van der Waals surface area (Å²) in [6.07, 6.45) is 12.1. The molecule has 2 rings (SSSR count). The number of nitrogens with zero attached hydrogens (tertiary/aromatic N) is 2. The lowest BCUT2D eigenvalue weighted by Crippen LogP contribution is -2.15. The van der Waals surface area contributed by atoms with Gasteiger partial charge >= 0.3 is 5.97 Å². The maximum Gasteiger partial charge on any atom is 0.303 e. The van der Waals surface area contributed by atoms with E-state index in [1.165, 1.54) is 12.0 Å². The van der Waals surface area contributed by atoms with Crippen LogP contribution in [0.4, 0.5) is 0 Å². The van der Waals surface area contributed by atoms with Crippen molar-refractivity contribution >= 4 is 17.9 Å². The number of unbranched alkanes of at least 4 members (excludes halogenated alkanes) is 2. The molecule has 0 bridgehead atoms. The third-order valence-electron chi connectivity index (χ3n) is 3.93. The molecule has 2 N–H and O–H groups in total. The van der Waals surface area contributed by atoms with Gasteiger partial charge in [0.15, 0.2) is 0 Å². The molecule has 0 atom stereocenters. The highest BCUT2D eigenvalue weighted by atomic mass is 16.6. The first-order chi connectivity index (χ1) is 12.7. The molecule has 0 saturated carbocycles. The zero-order valence-electron chi connectivity index (χ0n) is 15.2. The fourth-order valence-corrected chi connectivity index (χ4v) is 2.51. The van der Waals surface area contributed by atoms with Crippen LogP contribution in [0.3, 0.4) is 0 Å². The van der Waals surface area contributed by atoms with Crippen LogP contribution in [-0.4, -0.2) is 27.2 Å². The second kappa shape index (κ2) is 11.1. The summed E-state index contributed by atoms with van der Waals surface area (Å²) in [5.41, 5.74) is 6.18. The monoisotopic (exact) mass is 357 g/mol. The maximum atomic E-state index is 10.5. The molecular weight excluding hydrogens is 330 g/mol. The van der Waals surface area contributed by atoms with Crippen LogP contribution in [0.5, 0.6) is 0 Å². The zero-order valence-corrected chi connectivity index (χ0v) is 15.2. The number of benzene rings is 1. The number of rotatable bonds is 12. The molecule has 0 fully saturated rings. The summed E-state index contributed by atoms with van der Waals surface area (Å²) in [4.78, 5) is 20.2. The van der Waals surface area contributed by atoms with Crippen LogP contribution in [-0.2, 0) is 16.1 Å². The number of aliphatic carboxylic acids is 1. The van der Waals surface area contributed by atoms with Crippen molar-refractivity contribution in [2.24, 2.45) is 0 Å². The van der Waals surface area contributed by atoms with E-state index in [1.807, 2.05) is 23.0 Å². The van der Waals surface area contributed by atoms with Crippen LogP contribution in [0.25, 0.3) is 11.9 Å². The minimum absolute atomic E-state index is 0.167. The van der Waals surface area contributed by atoms with Crippen molar-refractivity contribution in [2.45, 2.75) is 45.4 Å². The summed E-state index contributed by atoms with van der Waals surface area (Å²) >= 11 is 0. The molecule has 0 aliphatic rings. The quantitative estimate of drug-likeness (QED) is 0.444. The van der Waals surface area contributed by atoms with Gasteiger partial charge in [0.2, 0.25) is 0 Å². The summed E-state index contributed by atoms with van der Waals surface area (Å²) in [5.74, 6) is -0.775. The summed E-state index contributed by atoms with van der Waals surface area (Å²) < 4.78 is 1.86. The molecule has 0 unspecified atom stereocenters. The molecular formula is C20H27N3O3. The SMILES string of the molecule is CCCCc1cccc(C(=Cn2ccnc2)NOCCCCC(=O)O)c1. The number of aromatic nitrogens is 2. The number of carboxylic acid groups (broad SMARTS) is 1. The average Bonchev–Trinajstić information content (AvgIpc) is 3.15. The van der Waals surface area contributed by atoms with E-state index < -0.39 is 5.97 Å². The second-order valence-corrected chi connectivity index (χ2v) is 6.16. The van der Waals surface area contributed by atoms with E-state index in [0.717, 1.165) is 24.1 Å². The molecule has 140 valence electrons. The fourth-order valence-electron chi connectivity index (χ4n) is 2.51. The molecule has 1 aromatic carbocycles. The first-order valence-corrected chi connectivity index (χ1v) is 9.07. The van der Waals surface area contributed by atoms with Crippen LogP contribution in [0, 0.1) is 0 Å². The van der Waals surface area contributed by atoms with Gasteiger partial charge in [0.1, 0.15) is 0 Å². The Kier molecular flexibility index (Phi) is 8.42. The molecule has 0 radical (unpaired) electrons. The summed E-state index contributed by atoms with van der Waals surface area (Å²) in [7, 11) is 0. The molecule has 1 heterocycles. The lowest BCUT2D eigenvalue weighted by molar-refractivity contribution is -0.137. The Morgan fingerprint density at radius 3 is 2.96 bits per heavy atom. The Labute approximate surface area is 154 Å². The van der Waals surface area contributed by atoms with E-state index in [-0.39, 0.29) is 6.42 Å². The molecule has 0 saturated heterocycles. The molecule has 0 spiro atoms. The van der Waals surface area contributed by atoms with Crippen molar-refractivity contribution in [1.29, 1.82) is 0 Å². The van der Waals surface area contributed by atoms with Gasteiger partial charge in [-0.1, -0.05) is 31.5 Å². The van der Waals surface area contributed by atoms with Gasteiger partial charge in [-0.3, -0.25) is 15.1 Å². The van der Waals surface area contributed by atoms with Crippen LogP contribution in [0.15, 0.2) is 43.0 Å². The Morgan fingerprint density at radius 1 is 1.35 bits per heavy atom. The van der Waals surface area contributed by atoms with Crippen LogP contribution >= 0.6 is 0 Å². The van der Waals surface area contributed by atoms with Crippen molar-refractivity contribution in [1.82, 2.24) is 15.0 Å².